The van der Waals surface area contributed by atoms with E-state index in [2.05, 4.69) is 0 Å². The van der Waals surface area contributed by atoms with Gasteiger partial charge in [0.15, 0.2) is 4.91 Å². The average Bonchev–Trinajstić information content (AvgIpc) is 2.44. The number of esters is 1. The van der Waals surface area contributed by atoms with Gasteiger partial charge < -0.3 is 9.64 Å². The molecule has 0 radical (unpaired) electrons. The minimum absolute atomic E-state index is 0.105. The highest BCUT2D eigenvalue weighted by Crippen LogP contribution is 2.21. The van der Waals surface area contributed by atoms with Crippen LogP contribution in [0.4, 0.5) is 5.69 Å². The van der Waals surface area contributed by atoms with E-state index in [1.807, 2.05) is 0 Å². The van der Waals surface area contributed by atoms with Gasteiger partial charge in [0.05, 0.1) is 12.3 Å². The number of para-hydroxylation sites is 1. The fourth-order valence-corrected chi connectivity index (χ4v) is 2.89. The molecule has 0 aliphatic rings. The Hall–Kier alpha value is -2.02. The van der Waals surface area contributed by atoms with Crippen molar-refractivity contribution in [3.63, 3.8) is 0 Å². The molecule has 0 atom stereocenters. The van der Waals surface area contributed by atoms with Crippen molar-refractivity contribution in [3.05, 3.63) is 41.4 Å². The van der Waals surface area contributed by atoms with Gasteiger partial charge in [0.25, 0.3) is 10.0 Å². The topological polar surface area (TPSA) is 66.9 Å². The van der Waals surface area contributed by atoms with Crippen LogP contribution in [0.2, 0.25) is 0 Å². The number of nitrogens with zero attached hydrogens (tertiary/aromatic N) is 2. The summed E-state index contributed by atoms with van der Waals surface area (Å²) in [5.74, 6) is -0.867. The van der Waals surface area contributed by atoms with Gasteiger partial charge in [-0.05, 0) is 19.1 Å². The van der Waals surface area contributed by atoms with Crippen LogP contribution in [0.5, 0.6) is 0 Å². The molecule has 0 saturated carbocycles. The largest absolute Gasteiger partial charge is 0.462 e. The Morgan fingerprint density at radius 2 is 1.76 bits per heavy atom. The molecule has 0 heterocycles. The first-order chi connectivity index (χ1) is 9.80. The Morgan fingerprint density at radius 1 is 1.19 bits per heavy atom. The number of benzene rings is 1. The molecule has 7 heteroatoms. The second-order valence-electron chi connectivity index (χ2n) is 4.49. The van der Waals surface area contributed by atoms with Gasteiger partial charge in [0.2, 0.25) is 0 Å². The molecule has 0 aromatic heterocycles. The molecule has 0 aliphatic carbocycles. The Balaban J connectivity index is 3.25. The van der Waals surface area contributed by atoms with Crippen molar-refractivity contribution in [2.75, 3.05) is 32.1 Å². The van der Waals surface area contributed by atoms with Gasteiger partial charge in [-0.25, -0.2) is 13.2 Å². The van der Waals surface area contributed by atoms with E-state index in [0.717, 1.165) is 4.31 Å². The van der Waals surface area contributed by atoms with E-state index in [4.69, 9.17) is 4.74 Å². The molecule has 0 unspecified atom stereocenters. The zero-order valence-corrected chi connectivity index (χ0v) is 13.4. The minimum atomic E-state index is -3.99. The summed E-state index contributed by atoms with van der Waals surface area (Å²) in [7, 11) is 0.676. The van der Waals surface area contributed by atoms with E-state index in [0.29, 0.717) is 5.69 Å². The van der Waals surface area contributed by atoms with E-state index in [9.17, 15) is 13.2 Å². The minimum Gasteiger partial charge on any atom is -0.462 e. The van der Waals surface area contributed by atoms with Crippen LogP contribution in [0.3, 0.4) is 0 Å². The molecular formula is C14H20N2O4S. The summed E-state index contributed by atoms with van der Waals surface area (Å²) < 4.78 is 31.1. The molecule has 1 aromatic carbocycles. The average molecular weight is 312 g/mol. The quantitative estimate of drug-likeness (QED) is 0.587. The maximum Gasteiger partial charge on any atom is 0.353 e. The van der Waals surface area contributed by atoms with Crippen LogP contribution >= 0.6 is 0 Å². The SMILES string of the molecule is CCOC(=O)/C(=C\N(C)C)S(=O)(=O)N(C)c1ccccc1. The first kappa shape index (κ1) is 17.0. The Morgan fingerprint density at radius 3 is 2.24 bits per heavy atom. The lowest BCUT2D eigenvalue weighted by Crippen LogP contribution is -2.32. The van der Waals surface area contributed by atoms with Gasteiger partial charge >= 0.3 is 5.97 Å². The summed E-state index contributed by atoms with van der Waals surface area (Å²) in [6.45, 7) is 1.73. The number of sulfonamides is 1. The molecule has 0 bridgehead atoms. The van der Waals surface area contributed by atoms with Gasteiger partial charge in [0.1, 0.15) is 0 Å². The highest BCUT2D eigenvalue weighted by molar-refractivity contribution is 7.97. The smallest absolute Gasteiger partial charge is 0.353 e. The summed E-state index contributed by atoms with van der Waals surface area (Å²) >= 11 is 0. The fourth-order valence-electron chi connectivity index (χ4n) is 1.59. The number of rotatable bonds is 6. The summed E-state index contributed by atoms with van der Waals surface area (Å²) in [5.41, 5.74) is 0.464. The van der Waals surface area contributed by atoms with Crippen molar-refractivity contribution in [1.82, 2.24) is 4.90 Å². The molecule has 0 amide bonds. The first-order valence-electron chi connectivity index (χ1n) is 6.40. The molecule has 21 heavy (non-hydrogen) atoms. The number of carbonyl (C=O) groups is 1. The molecule has 0 aliphatic heterocycles. The number of hydrogen-bond acceptors (Lipinski definition) is 5. The third-order valence-electron chi connectivity index (χ3n) is 2.61. The van der Waals surface area contributed by atoms with Gasteiger partial charge in [-0.3, -0.25) is 4.31 Å². The number of carbonyl (C=O) groups excluding carboxylic acids is 1. The Labute approximate surface area is 125 Å². The highest BCUT2D eigenvalue weighted by atomic mass is 32.2. The third kappa shape index (κ3) is 4.22. The Bertz CT molecular complexity index is 609. The molecule has 0 spiro atoms. The maximum absolute atomic E-state index is 12.6. The molecule has 0 saturated heterocycles. The van der Waals surface area contributed by atoms with Crippen LogP contribution < -0.4 is 4.31 Å². The standard InChI is InChI=1S/C14H20N2O4S/c1-5-20-14(17)13(11-15(2)3)21(18,19)16(4)12-9-7-6-8-10-12/h6-11H,5H2,1-4H3/b13-11+. The van der Waals surface area contributed by atoms with E-state index in [1.54, 1.807) is 51.4 Å². The van der Waals surface area contributed by atoms with Crippen molar-refractivity contribution in [1.29, 1.82) is 0 Å². The lowest BCUT2D eigenvalue weighted by atomic mass is 10.3. The summed E-state index contributed by atoms with van der Waals surface area (Å²) in [6, 6.07) is 8.53. The van der Waals surface area contributed by atoms with E-state index < -0.39 is 20.9 Å². The molecule has 0 fully saturated rings. The number of anilines is 1. The number of ether oxygens (including phenoxy) is 1. The lowest BCUT2D eigenvalue weighted by molar-refractivity contribution is -0.137. The van der Waals surface area contributed by atoms with Crippen molar-refractivity contribution in [2.45, 2.75) is 6.92 Å². The molecule has 6 nitrogen and oxygen atoms in total. The molecular weight excluding hydrogens is 292 g/mol. The zero-order chi connectivity index (χ0) is 16.0. The fraction of sp³-hybridized carbons (Fsp3) is 0.357. The Kier molecular flexibility index (Phi) is 5.78. The van der Waals surface area contributed by atoms with Gasteiger partial charge in [-0.2, -0.15) is 0 Å². The van der Waals surface area contributed by atoms with Gasteiger partial charge in [-0.15, -0.1) is 0 Å². The second kappa shape index (κ2) is 7.12. The normalized spacial score (nSPS) is 11.9. The summed E-state index contributed by atoms with van der Waals surface area (Å²) in [5, 5.41) is 0. The number of hydrogen-bond donors (Lipinski definition) is 0. The third-order valence-corrected chi connectivity index (χ3v) is 4.37. The van der Waals surface area contributed by atoms with Crippen LogP contribution in [0.15, 0.2) is 41.4 Å². The summed E-state index contributed by atoms with van der Waals surface area (Å²) in [4.78, 5) is 13.0. The zero-order valence-electron chi connectivity index (χ0n) is 12.6. The van der Waals surface area contributed by atoms with Crippen LogP contribution in [-0.2, 0) is 19.6 Å². The summed E-state index contributed by atoms with van der Waals surface area (Å²) in [6.07, 6.45) is 1.24. The second-order valence-corrected chi connectivity index (χ2v) is 6.42. The highest BCUT2D eigenvalue weighted by Gasteiger charge is 2.31. The molecule has 1 aromatic rings. The van der Waals surface area contributed by atoms with Crippen LogP contribution in [0.1, 0.15) is 6.92 Å². The van der Waals surface area contributed by atoms with Crippen LogP contribution in [0.25, 0.3) is 0 Å². The molecule has 1 rings (SSSR count). The van der Waals surface area contributed by atoms with Crippen molar-refractivity contribution in [2.24, 2.45) is 0 Å². The van der Waals surface area contributed by atoms with Crippen molar-refractivity contribution < 1.29 is 17.9 Å². The van der Waals surface area contributed by atoms with E-state index in [-0.39, 0.29) is 6.61 Å². The predicted octanol–water partition coefficient (Wildman–Crippen LogP) is 1.42. The monoisotopic (exact) mass is 312 g/mol. The van der Waals surface area contributed by atoms with Crippen molar-refractivity contribution >= 4 is 21.7 Å². The molecule has 0 N–H and O–H groups in total. The lowest BCUT2D eigenvalue weighted by Gasteiger charge is -2.21. The van der Waals surface area contributed by atoms with E-state index in [1.165, 1.54) is 18.1 Å². The maximum atomic E-state index is 12.6. The van der Waals surface area contributed by atoms with Crippen LogP contribution in [0, 0.1) is 0 Å². The predicted molar refractivity (Wildman–Crippen MR) is 82.2 cm³/mol. The van der Waals surface area contributed by atoms with Crippen LogP contribution in [-0.4, -0.2) is 47.0 Å². The van der Waals surface area contributed by atoms with Crippen molar-refractivity contribution in [3.8, 4) is 0 Å². The first-order valence-corrected chi connectivity index (χ1v) is 7.84. The molecule has 116 valence electrons. The van der Waals surface area contributed by atoms with Gasteiger partial charge in [-0.1, -0.05) is 18.2 Å². The van der Waals surface area contributed by atoms with Gasteiger partial charge in [0, 0.05) is 27.3 Å². The van der Waals surface area contributed by atoms with E-state index >= 15 is 0 Å².